The summed E-state index contributed by atoms with van der Waals surface area (Å²) in [5.41, 5.74) is 3.13. The van der Waals surface area contributed by atoms with Crippen LogP contribution in [-0.2, 0) is 21.2 Å². The normalized spacial score (nSPS) is 17.0. The Kier molecular flexibility index (Phi) is 5.88. The third-order valence-electron chi connectivity index (χ3n) is 5.31. The van der Waals surface area contributed by atoms with Crippen LogP contribution in [0.15, 0.2) is 57.8 Å². The molecule has 0 aliphatic carbocycles. The van der Waals surface area contributed by atoms with E-state index in [4.69, 9.17) is 4.42 Å². The molecule has 1 atom stereocenters. The van der Waals surface area contributed by atoms with E-state index in [1.807, 2.05) is 38.1 Å². The number of hydrogen-bond acceptors (Lipinski definition) is 6. The van der Waals surface area contributed by atoms with Crippen LogP contribution >= 0.6 is 0 Å². The van der Waals surface area contributed by atoms with E-state index in [2.05, 4.69) is 15.5 Å². The molecule has 162 valence electrons. The maximum absolute atomic E-state index is 13.0. The van der Waals surface area contributed by atoms with Gasteiger partial charge < -0.3 is 4.42 Å². The minimum absolute atomic E-state index is 0.0355. The summed E-state index contributed by atoms with van der Waals surface area (Å²) in [7, 11) is -3.78. The summed E-state index contributed by atoms with van der Waals surface area (Å²) in [4.78, 5) is 13.0. The lowest BCUT2D eigenvalue weighted by atomic mass is 10.1. The highest BCUT2D eigenvalue weighted by Crippen LogP contribution is 2.27. The fourth-order valence-corrected chi connectivity index (χ4v) is 5.24. The molecular formula is C22H24N4O4S. The summed E-state index contributed by atoms with van der Waals surface area (Å²) in [5, 5.41) is 10.4. The molecule has 0 bridgehead atoms. The summed E-state index contributed by atoms with van der Waals surface area (Å²) in [6.07, 6.45) is 1.48. The second-order valence-electron chi connectivity index (χ2n) is 7.74. The van der Waals surface area contributed by atoms with Gasteiger partial charge in [0.1, 0.15) is 6.04 Å². The summed E-state index contributed by atoms with van der Waals surface area (Å²) in [6.45, 7) is 4.19. The highest BCUT2D eigenvalue weighted by molar-refractivity contribution is 7.89. The number of carbonyl (C=O) groups is 1. The van der Waals surface area contributed by atoms with Crippen molar-refractivity contribution in [3.63, 3.8) is 0 Å². The second kappa shape index (κ2) is 8.60. The Morgan fingerprint density at radius 3 is 2.39 bits per heavy atom. The molecule has 1 aliphatic heterocycles. The van der Waals surface area contributed by atoms with Crippen molar-refractivity contribution in [2.45, 2.75) is 44.0 Å². The lowest BCUT2D eigenvalue weighted by Crippen LogP contribution is -2.43. The van der Waals surface area contributed by atoms with Crippen LogP contribution < -0.4 is 5.32 Å². The summed E-state index contributed by atoms with van der Waals surface area (Å²) in [6, 6.07) is 13.7. The number of sulfonamides is 1. The van der Waals surface area contributed by atoms with Gasteiger partial charge >= 0.3 is 6.01 Å². The molecule has 1 amide bonds. The molecule has 4 rings (SSSR count). The molecule has 2 aromatic carbocycles. The van der Waals surface area contributed by atoms with Crippen LogP contribution in [0.4, 0.5) is 6.01 Å². The number of benzene rings is 2. The molecule has 1 aliphatic rings. The number of aryl methyl sites for hydroxylation is 2. The van der Waals surface area contributed by atoms with E-state index in [1.54, 1.807) is 24.3 Å². The lowest BCUT2D eigenvalue weighted by molar-refractivity contribution is -0.119. The molecule has 1 N–H and O–H groups in total. The molecule has 31 heavy (non-hydrogen) atoms. The number of nitrogens with zero attached hydrogens (tertiary/aromatic N) is 3. The summed E-state index contributed by atoms with van der Waals surface area (Å²) < 4.78 is 32.9. The van der Waals surface area contributed by atoms with Gasteiger partial charge in [-0.25, -0.2) is 8.42 Å². The standard InChI is InChI=1S/C22H24N4O4S/c1-15-5-9-17(10-6-15)14-20-24-25-22(30-20)23-21(27)19-4-3-13-26(19)31(28,29)18-11-7-16(2)8-12-18/h5-12,19H,3-4,13-14H2,1-2H3,(H,23,25,27). The fraction of sp³-hybridized carbons (Fsp3) is 0.318. The Morgan fingerprint density at radius 2 is 1.71 bits per heavy atom. The van der Waals surface area contributed by atoms with Gasteiger partial charge in [-0.3, -0.25) is 10.1 Å². The van der Waals surface area contributed by atoms with Gasteiger partial charge in [0.05, 0.1) is 11.3 Å². The minimum atomic E-state index is -3.78. The molecule has 2 heterocycles. The first-order valence-electron chi connectivity index (χ1n) is 10.1. The van der Waals surface area contributed by atoms with Gasteiger partial charge in [0.25, 0.3) is 0 Å². The maximum atomic E-state index is 13.0. The van der Waals surface area contributed by atoms with E-state index in [9.17, 15) is 13.2 Å². The first-order valence-corrected chi connectivity index (χ1v) is 11.5. The molecule has 8 nitrogen and oxygen atoms in total. The van der Waals surface area contributed by atoms with E-state index in [0.717, 1.165) is 16.7 Å². The van der Waals surface area contributed by atoms with Crippen LogP contribution in [0.5, 0.6) is 0 Å². The monoisotopic (exact) mass is 440 g/mol. The van der Waals surface area contributed by atoms with Gasteiger partial charge in [0.2, 0.25) is 21.8 Å². The highest BCUT2D eigenvalue weighted by Gasteiger charge is 2.39. The van der Waals surface area contributed by atoms with Crippen LogP contribution in [-0.4, -0.2) is 41.4 Å². The Bertz CT molecular complexity index is 1170. The zero-order valence-electron chi connectivity index (χ0n) is 17.4. The van der Waals surface area contributed by atoms with E-state index in [0.29, 0.717) is 25.2 Å². The number of carbonyl (C=O) groups excluding carboxylic acids is 1. The smallest absolute Gasteiger partial charge is 0.322 e. The third kappa shape index (κ3) is 4.67. The third-order valence-corrected chi connectivity index (χ3v) is 7.23. The second-order valence-corrected chi connectivity index (χ2v) is 9.63. The number of amides is 1. The molecular weight excluding hydrogens is 416 g/mol. The van der Waals surface area contributed by atoms with Gasteiger partial charge in [0.15, 0.2) is 0 Å². The first-order chi connectivity index (χ1) is 14.8. The predicted molar refractivity (Wildman–Crippen MR) is 115 cm³/mol. The van der Waals surface area contributed by atoms with E-state index in [-0.39, 0.29) is 17.5 Å². The van der Waals surface area contributed by atoms with Gasteiger partial charge in [-0.2, -0.15) is 4.31 Å². The van der Waals surface area contributed by atoms with E-state index >= 15 is 0 Å². The van der Waals surface area contributed by atoms with Crippen molar-refractivity contribution in [2.24, 2.45) is 0 Å². The number of anilines is 1. The van der Waals surface area contributed by atoms with Crippen LogP contribution in [0.2, 0.25) is 0 Å². The van der Waals surface area contributed by atoms with Crippen molar-refractivity contribution in [1.82, 2.24) is 14.5 Å². The topological polar surface area (TPSA) is 105 Å². The number of hydrogen-bond donors (Lipinski definition) is 1. The van der Waals surface area contributed by atoms with Gasteiger partial charge in [-0.1, -0.05) is 52.6 Å². The predicted octanol–water partition coefficient (Wildman–Crippen LogP) is 3.07. The van der Waals surface area contributed by atoms with E-state index < -0.39 is 22.0 Å². The molecule has 1 fully saturated rings. The number of aromatic nitrogens is 2. The van der Waals surface area contributed by atoms with Crippen LogP contribution in [0, 0.1) is 13.8 Å². The molecule has 9 heteroatoms. The summed E-state index contributed by atoms with van der Waals surface area (Å²) >= 11 is 0. The molecule has 0 spiro atoms. The van der Waals surface area contributed by atoms with Gasteiger partial charge in [-0.15, -0.1) is 5.10 Å². The molecule has 3 aromatic rings. The van der Waals surface area contributed by atoms with Crippen LogP contribution in [0.3, 0.4) is 0 Å². The average molecular weight is 441 g/mol. The Balaban J connectivity index is 1.45. The quantitative estimate of drug-likeness (QED) is 0.632. The van der Waals surface area contributed by atoms with Crippen LogP contribution in [0.1, 0.15) is 35.4 Å². The van der Waals surface area contributed by atoms with Crippen molar-refractivity contribution in [3.05, 3.63) is 71.1 Å². The first kappa shape index (κ1) is 21.2. The van der Waals surface area contributed by atoms with Crippen LogP contribution in [0.25, 0.3) is 0 Å². The van der Waals surface area contributed by atoms with E-state index in [1.165, 1.54) is 4.31 Å². The van der Waals surface area contributed by atoms with Gasteiger partial charge in [-0.05, 0) is 44.4 Å². The lowest BCUT2D eigenvalue weighted by Gasteiger charge is -2.22. The molecule has 1 saturated heterocycles. The van der Waals surface area contributed by atoms with Crippen molar-refractivity contribution in [1.29, 1.82) is 0 Å². The van der Waals surface area contributed by atoms with Crippen molar-refractivity contribution < 1.29 is 17.6 Å². The summed E-state index contributed by atoms with van der Waals surface area (Å²) in [5.74, 6) is -0.103. The molecule has 1 unspecified atom stereocenters. The zero-order valence-corrected chi connectivity index (χ0v) is 18.2. The molecule has 1 aromatic heterocycles. The maximum Gasteiger partial charge on any atom is 0.322 e. The van der Waals surface area contributed by atoms with Gasteiger partial charge in [0, 0.05) is 6.54 Å². The minimum Gasteiger partial charge on any atom is -0.407 e. The van der Waals surface area contributed by atoms with Crippen molar-refractivity contribution in [3.8, 4) is 0 Å². The largest absolute Gasteiger partial charge is 0.407 e. The van der Waals surface area contributed by atoms with Crippen molar-refractivity contribution in [2.75, 3.05) is 11.9 Å². The van der Waals surface area contributed by atoms with Crippen molar-refractivity contribution >= 4 is 21.9 Å². The number of rotatable bonds is 6. The highest BCUT2D eigenvalue weighted by atomic mass is 32.2. The zero-order chi connectivity index (χ0) is 22.0. The average Bonchev–Trinajstić information content (AvgIpc) is 3.40. The fourth-order valence-electron chi connectivity index (χ4n) is 3.58. The Labute approximate surface area is 181 Å². The number of nitrogens with one attached hydrogen (secondary N) is 1. The SMILES string of the molecule is Cc1ccc(Cc2nnc(NC(=O)C3CCCN3S(=O)(=O)c3ccc(C)cc3)o2)cc1. The molecule has 0 saturated carbocycles. The Hall–Kier alpha value is -3.04. The Morgan fingerprint density at radius 1 is 1.06 bits per heavy atom. The molecule has 0 radical (unpaired) electrons.